The quantitative estimate of drug-likeness (QED) is 0.634. The molecule has 1 atom stereocenters. The maximum absolute atomic E-state index is 12.9. The molecule has 1 N–H and O–H groups in total. The van der Waals surface area contributed by atoms with Crippen molar-refractivity contribution in [3.05, 3.63) is 92.6 Å². The Balaban J connectivity index is 1.48. The van der Waals surface area contributed by atoms with Crippen molar-refractivity contribution >= 4 is 34.8 Å². The number of carbonyl (C=O) groups is 2. The molecule has 1 aliphatic heterocycles. The summed E-state index contributed by atoms with van der Waals surface area (Å²) in [5, 5.41) is 5.60. The highest BCUT2D eigenvalue weighted by Gasteiger charge is 2.34. The van der Waals surface area contributed by atoms with Gasteiger partial charge in [-0.3, -0.25) is 9.59 Å². The first-order valence-electron chi connectivity index (χ1n) is 9.05. The number of halogens is 1. The molecule has 0 saturated carbocycles. The lowest BCUT2D eigenvalue weighted by Crippen LogP contribution is -2.33. The fourth-order valence-corrected chi connectivity index (χ4v) is 4.39. The average molecular weight is 411 g/mol. The Kier molecular flexibility index (Phi) is 5.46. The zero-order valence-corrected chi connectivity index (χ0v) is 16.7. The van der Waals surface area contributed by atoms with Gasteiger partial charge in [0.25, 0.3) is 5.91 Å². The van der Waals surface area contributed by atoms with E-state index < -0.39 is 0 Å². The molecule has 0 unspecified atom stereocenters. The molecule has 28 heavy (non-hydrogen) atoms. The Morgan fingerprint density at radius 3 is 2.61 bits per heavy atom. The Morgan fingerprint density at radius 1 is 1.11 bits per heavy atom. The van der Waals surface area contributed by atoms with Crippen LogP contribution in [0.3, 0.4) is 0 Å². The van der Waals surface area contributed by atoms with Crippen molar-refractivity contribution in [1.82, 2.24) is 10.2 Å². The summed E-state index contributed by atoms with van der Waals surface area (Å²) < 4.78 is 0. The van der Waals surface area contributed by atoms with Gasteiger partial charge >= 0.3 is 0 Å². The van der Waals surface area contributed by atoms with Gasteiger partial charge in [-0.05, 0) is 40.8 Å². The van der Waals surface area contributed by atoms with Gasteiger partial charge in [0.15, 0.2) is 0 Å². The summed E-state index contributed by atoms with van der Waals surface area (Å²) in [6, 6.07) is 18.7. The van der Waals surface area contributed by atoms with E-state index in [1.807, 2.05) is 53.9 Å². The van der Waals surface area contributed by atoms with Crippen molar-refractivity contribution in [3.63, 3.8) is 0 Å². The first kappa shape index (κ1) is 18.7. The van der Waals surface area contributed by atoms with E-state index in [2.05, 4.69) is 5.32 Å². The maximum Gasteiger partial charge on any atom is 0.255 e. The Hall–Kier alpha value is -2.63. The molecule has 1 aromatic heterocycles. The number of hydrogen-bond acceptors (Lipinski definition) is 3. The summed E-state index contributed by atoms with van der Waals surface area (Å²) in [6.45, 7) is 0.962. The molecule has 0 spiro atoms. The molecule has 1 aliphatic rings. The second-order valence-electron chi connectivity index (χ2n) is 6.73. The maximum atomic E-state index is 12.9. The van der Waals surface area contributed by atoms with Gasteiger partial charge in [-0.25, -0.2) is 0 Å². The molecule has 0 saturated heterocycles. The van der Waals surface area contributed by atoms with Crippen LogP contribution in [0.1, 0.15) is 38.8 Å². The fourth-order valence-electron chi connectivity index (χ4n) is 3.42. The number of carbonyl (C=O) groups excluding carboxylic acids is 2. The van der Waals surface area contributed by atoms with Crippen LogP contribution in [0.5, 0.6) is 0 Å². The van der Waals surface area contributed by atoms with E-state index in [4.69, 9.17) is 11.6 Å². The van der Waals surface area contributed by atoms with E-state index in [0.717, 1.165) is 21.6 Å². The number of amides is 2. The predicted octanol–water partition coefficient (Wildman–Crippen LogP) is 4.81. The molecule has 4 rings (SSSR count). The minimum atomic E-state index is -0.273. The van der Waals surface area contributed by atoms with Crippen molar-refractivity contribution in [2.75, 3.05) is 0 Å². The largest absolute Gasteiger partial charge is 0.352 e. The smallest absolute Gasteiger partial charge is 0.255 e. The third-order valence-electron chi connectivity index (χ3n) is 4.88. The van der Waals surface area contributed by atoms with Crippen LogP contribution >= 0.6 is 22.9 Å². The normalized spacial score (nSPS) is 14.0. The van der Waals surface area contributed by atoms with E-state index in [9.17, 15) is 9.59 Å². The lowest BCUT2D eigenvalue weighted by molar-refractivity contribution is -0.122. The Labute approximate surface area is 172 Å². The summed E-state index contributed by atoms with van der Waals surface area (Å²) in [4.78, 5) is 28.4. The number of nitrogens with one attached hydrogen (secondary N) is 1. The van der Waals surface area contributed by atoms with Gasteiger partial charge in [0, 0.05) is 28.6 Å². The van der Waals surface area contributed by atoms with Gasteiger partial charge < -0.3 is 10.2 Å². The predicted molar refractivity (Wildman–Crippen MR) is 111 cm³/mol. The molecule has 6 heteroatoms. The van der Waals surface area contributed by atoms with Crippen LogP contribution in [0.4, 0.5) is 0 Å². The van der Waals surface area contributed by atoms with Crippen LogP contribution in [0, 0.1) is 0 Å². The fraction of sp³-hybridized carbons (Fsp3) is 0.182. The third-order valence-corrected chi connectivity index (χ3v) is 6.10. The van der Waals surface area contributed by atoms with E-state index in [1.165, 1.54) is 0 Å². The lowest BCUT2D eigenvalue weighted by atomic mass is 10.1. The topological polar surface area (TPSA) is 49.4 Å². The second-order valence-corrected chi connectivity index (χ2v) is 8.14. The molecule has 0 radical (unpaired) electrons. The zero-order chi connectivity index (χ0) is 19.5. The van der Waals surface area contributed by atoms with Gasteiger partial charge in [-0.15, -0.1) is 11.3 Å². The highest BCUT2D eigenvalue weighted by Crippen LogP contribution is 2.35. The van der Waals surface area contributed by atoms with Crippen LogP contribution in [-0.4, -0.2) is 16.7 Å². The molecule has 0 fully saturated rings. The molecule has 3 aromatic rings. The number of hydrogen-bond donors (Lipinski definition) is 1. The van der Waals surface area contributed by atoms with Crippen LogP contribution in [0.25, 0.3) is 0 Å². The standard InChI is InChI=1S/C22H19ClN2O2S/c23-17-9-7-15(8-10-17)13-24-21(26)12-19(20-6-3-11-28-20)25-14-16-4-1-2-5-18(16)22(25)27/h1-11,19H,12-14H2,(H,24,26)/t19-/m0/s1. The summed E-state index contributed by atoms with van der Waals surface area (Å²) in [6.07, 6.45) is 0.230. The van der Waals surface area contributed by atoms with Crippen LogP contribution in [0.15, 0.2) is 66.0 Å². The highest BCUT2D eigenvalue weighted by atomic mass is 35.5. The molecular weight excluding hydrogens is 392 g/mol. The summed E-state index contributed by atoms with van der Waals surface area (Å²) in [7, 11) is 0. The van der Waals surface area contributed by atoms with E-state index >= 15 is 0 Å². The minimum absolute atomic E-state index is 0.0144. The van der Waals surface area contributed by atoms with Gasteiger partial charge in [0.2, 0.25) is 5.91 Å². The van der Waals surface area contributed by atoms with Gasteiger partial charge in [-0.2, -0.15) is 0 Å². The van der Waals surface area contributed by atoms with Gasteiger partial charge in [0.1, 0.15) is 0 Å². The van der Waals surface area contributed by atoms with Crippen molar-refractivity contribution in [2.45, 2.75) is 25.6 Å². The number of nitrogens with zero attached hydrogens (tertiary/aromatic N) is 1. The number of thiophene rings is 1. The van der Waals surface area contributed by atoms with Crippen LogP contribution in [0.2, 0.25) is 5.02 Å². The SMILES string of the molecule is O=C(C[C@@H](c1cccs1)N1Cc2ccccc2C1=O)NCc1ccc(Cl)cc1. The molecule has 0 bridgehead atoms. The third kappa shape index (κ3) is 3.96. The van der Waals surface area contributed by atoms with Crippen molar-refractivity contribution in [2.24, 2.45) is 0 Å². The zero-order valence-electron chi connectivity index (χ0n) is 15.1. The van der Waals surface area contributed by atoms with E-state index in [0.29, 0.717) is 18.1 Å². The molecule has 2 aromatic carbocycles. The highest BCUT2D eigenvalue weighted by molar-refractivity contribution is 7.10. The molecule has 0 aliphatic carbocycles. The van der Waals surface area contributed by atoms with Crippen molar-refractivity contribution < 1.29 is 9.59 Å². The summed E-state index contributed by atoms with van der Waals surface area (Å²) >= 11 is 7.47. The summed E-state index contributed by atoms with van der Waals surface area (Å²) in [5.41, 5.74) is 2.72. The molecule has 2 amide bonds. The lowest BCUT2D eigenvalue weighted by Gasteiger charge is -2.26. The number of benzene rings is 2. The first-order chi connectivity index (χ1) is 13.6. The molecule has 142 valence electrons. The van der Waals surface area contributed by atoms with E-state index in [1.54, 1.807) is 28.4 Å². The molecular formula is C22H19ClN2O2S. The first-order valence-corrected chi connectivity index (χ1v) is 10.3. The average Bonchev–Trinajstić information content (AvgIpc) is 3.35. The monoisotopic (exact) mass is 410 g/mol. The van der Waals surface area contributed by atoms with Gasteiger partial charge in [-0.1, -0.05) is 48.0 Å². The van der Waals surface area contributed by atoms with E-state index in [-0.39, 0.29) is 24.3 Å². The Bertz CT molecular complexity index is 986. The molecule has 4 nitrogen and oxygen atoms in total. The number of rotatable bonds is 6. The Morgan fingerprint density at radius 2 is 1.89 bits per heavy atom. The van der Waals surface area contributed by atoms with Crippen LogP contribution < -0.4 is 5.32 Å². The van der Waals surface area contributed by atoms with Crippen molar-refractivity contribution in [3.8, 4) is 0 Å². The van der Waals surface area contributed by atoms with Crippen molar-refractivity contribution in [1.29, 1.82) is 0 Å². The van der Waals surface area contributed by atoms with Crippen LogP contribution in [-0.2, 0) is 17.9 Å². The molecule has 2 heterocycles. The number of fused-ring (bicyclic) bond motifs is 1. The van der Waals surface area contributed by atoms with Gasteiger partial charge in [0.05, 0.1) is 12.5 Å². The minimum Gasteiger partial charge on any atom is -0.352 e. The second kappa shape index (κ2) is 8.17. The summed E-state index contributed by atoms with van der Waals surface area (Å²) in [5.74, 6) is -0.100.